The van der Waals surface area contributed by atoms with Crippen LogP contribution in [-0.2, 0) is 6.54 Å². The van der Waals surface area contributed by atoms with Gasteiger partial charge in [-0.15, -0.1) is 0 Å². The Morgan fingerprint density at radius 3 is 2.44 bits per heavy atom. The summed E-state index contributed by atoms with van der Waals surface area (Å²) < 4.78 is 14.1. The number of nitrogens with one attached hydrogen (secondary N) is 1. The molecule has 1 N–H and O–H groups in total. The molecule has 2 aromatic rings. The predicted molar refractivity (Wildman–Crippen MR) is 75.1 cm³/mol. The number of pyridine rings is 1. The van der Waals surface area contributed by atoms with Gasteiger partial charge in [0, 0.05) is 22.9 Å². The summed E-state index contributed by atoms with van der Waals surface area (Å²) in [5, 5.41) is 3.27. The molecule has 4 heteroatoms. The van der Waals surface area contributed by atoms with Crippen molar-refractivity contribution in [2.75, 3.05) is 5.32 Å². The molecule has 2 nitrogen and oxygen atoms in total. The van der Waals surface area contributed by atoms with Gasteiger partial charge in [-0.05, 0) is 48.7 Å². The van der Waals surface area contributed by atoms with Crippen LogP contribution in [0.3, 0.4) is 0 Å². The van der Waals surface area contributed by atoms with Crippen LogP contribution in [0.25, 0.3) is 0 Å². The van der Waals surface area contributed by atoms with Gasteiger partial charge in [0.1, 0.15) is 5.82 Å². The van der Waals surface area contributed by atoms with E-state index in [2.05, 4.69) is 38.4 Å². The zero-order valence-corrected chi connectivity index (χ0v) is 11.9. The van der Waals surface area contributed by atoms with E-state index >= 15 is 0 Å². The van der Waals surface area contributed by atoms with Gasteiger partial charge in [-0.25, -0.2) is 4.39 Å². The molecule has 0 aliphatic rings. The molecule has 18 heavy (non-hydrogen) atoms. The minimum absolute atomic E-state index is 0.308. The Labute approximate surface area is 114 Å². The highest BCUT2D eigenvalue weighted by atomic mass is 79.9. The molecule has 0 radical (unpaired) electrons. The standard InChI is InChI=1S/C14H14BrFN2/c1-9-3-13(4-10(2)14(9)15)18-7-11-5-12(16)8-17-6-11/h3-6,8,18H,7H2,1-2H3. The van der Waals surface area contributed by atoms with Crippen molar-refractivity contribution in [3.8, 4) is 0 Å². The van der Waals surface area contributed by atoms with Crippen molar-refractivity contribution < 1.29 is 4.39 Å². The third kappa shape index (κ3) is 3.07. The molecule has 0 aliphatic heterocycles. The Morgan fingerprint density at radius 1 is 1.17 bits per heavy atom. The Kier molecular flexibility index (Phi) is 3.97. The van der Waals surface area contributed by atoms with Crippen LogP contribution >= 0.6 is 15.9 Å². The van der Waals surface area contributed by atoms with E-state index in [-0.39, 0.29) is 5.82 Å². The predicted octanol–water partition coefficient (Wildman–Crippen LogP) is 4.21. The lowest BCUT2D eigenvalue weighted by molar-refractivity contribution is 0.619. The summed E-state index contributed by atoms with van der Waals surface area (Å²) in [6.07, 6.45) is 2.87. The van der Waals surface area contributed by atoms with Crippen LogP contribution in [0.5, 0.6) is 0 Å². The number of aryl methyl sites for hydroxylation is 2. The quantitative estimate of drug-likeness (QED) is 0.918. The van der Waals surface area contributed by atoms with Crippen LogP contribution in [-0.4, -0.2) is 4.98 Å². The van der Waals surface area contributed by atoms with E-state index in [1.165, 1.54) is 23.4 Å². The van der Waals surface area contributed by atoms with Crippen LogP contribution in [0.2, 0.25) is 0 Å². The van der Waals surface area contributed by atoms with E-state index in [0.29, 0.717) is 6.54 Å². The average Bonchev–Trinajstić information content (AvgIpc) is 2.33. The van der Waals surface area contributed by atoms with Crippen molar-refractivity contribution in [1.82, 2.24) is 4.98 Å². The first-order valence-electron chi connectivity index (χ1n) is 5.66. The molecule has 1 aromatic heterocycles. The lowest BCUT2D eigenvalue weighted by Gasteiger charge is -2.10. The first-order chi connectivity index (χ1) is 8.56. The highest BCUT2D eigenvalue weighted by Crippen LogP contribution is 2.25. The zero-order chi connectivity index (χ0) is 13.1. The van der Waals surface area contributed by atoms with Gasteiger partial charge in [0.05, 0.1) is 6.20 Å². The van der Waals surface area contributed by atoms with Crippen LogP contribution in [0.1, 0.15) is 16.7 Å². The number of nitrogens with zero attached hydrogens (tertiary/aromatic N) is 1. The van der Waals surface area contributed by atoms with Gasteiger partial charge in [0.25, 0.3) is 0 Å². The maximum Gasteiger partial charge on any atom is 0.141 e. The summed E-state index contributed by atoms with van der Waals surface area (Å²) in [6.45, 7) is 4.66. The monoisotopic (exact) mass is 308 g/mol. The van der Waals surface area contributed by atoms with Gasteiger partial charge in [-0.2, -0.15) is 0 Å². The summed E-state index contributed by atoms with van der Waals surface area (Å²) >= 11 is 3.53. The second kappa shape index (κ2) is 5.48. The topological polar surface area (TPSA) is 24.9 Å². The number of halogens is 2. The Hall–Kier alpha value is -1.42. The average molecular weight is 309 g/mol. The second-order valence-corrected chi connectivity index (χ2v) is 5.08. The molecule has 0 atom stereocenters. The molecular formula is C14H14BrFN2. The van der Waals surface area contributed by atoms with Crippen molar-refractivity contribution in [3.63, 3.8) is 0 Å². The largest absolute Gasteiger partial charge is 0.381 e. The fraction of sp³-hybridized carbons (Fsp3) is 0.214. The first-order valence-corrected chi connectivity index (χ1v) is 6.45. The fourth-order valence-corrected chi connectivity index (χ4v) is 2.03. The summed E-state index contributed by atoms with van der Waals surface area (Å²) in [4.78, 5) is 3.82. The Bertz CT molecular complexity index is 546. The minimum atomic E-state index is -0.308. The highest BCUT2D eigenvalue weighted by Gasteiger charge is 2.02. The van der Waals surface area contributed by atoms with E-state index in [0.717, 1.165) is 15.7 Å². The van der Waals surface area contributed by atoms with Crippen molar-refractivity contribution in [2.24, 2.45) is 0 Å². The smallest absolute Gasteiger partial charge is 0.141 e. The number of anilines is 1. The lowest BCUT2D eigenvalue weighted by Crippen LogP contribution is -2.01. The van der Waals surface area contributed by atoms with Crippen molar-refractivity contribution >= 4 is 21.6 Å². The summed E-state index contributed by atoms with van der Waals surface area (Å²) in [5.74, 6) is -0.308. The third-order valence-corrected chi connectivity index (χ3v) is 3.95. The molecular weight excluding hydrogens is 295 g/mol. The third-order valence-electron chi connectivity index (χ3n) is 2.69. The fourth-order valence-electron chi connectivity index (χ4n) is 1.80. The number of rotatable bonds is 3. The van der Waals surface area contributed by atoms with Crippen molar-refractivity contribution in [1.29, 1.82) is 0 Å². The maximum atomic E-state index is 13.0. The molecule has 0 fully saturated rings. The van der Waals surface area contributed by atoms with E-state index in [1.807, 2.05) is 13.8 Å². The van der Waals surface area contributed by atoms with Gasteiger partial charge >= 0.3 is 0 Å². The highest BCUT2D eigenvalue weighted by molar-refractivity contribution is 9.10. The van der Waals surface area contributed by atoms with Crippen LogP contribution < -0.4 is 5.32 Å². The number of aromatic nitrogens is 1. The van der Waals surface area contributed by atoms with Crippen molar-refractivity contribution in [2.45, 2.75) is 20.4 Å². The van der Waals surface area contributed by atoms with E-state index < -0.39 is 0 Å². The first kappa shape index (κ1) is 13.0. The number of hydrogen-bond acceptors (Lipinski definition) is 2. The second-order valence-electron chi connectivity index (χ2n) is 4.29. The molecule has 0 amide bonds. The summed E-state index contributed by atoms with van der Waals surface area (Å²) in [6, 6.07) is 5.60. The maximum absolute atomic E-state index is 13.0. The van der Waals surface area contributed by atoms with Crippen LogP contribution in [0.15, 0.2) is 35.1 Å². The molecule has 1 heterocycles. The minimum Gasteiger partial charge on any atom is -0.381 e. The van der Waals surface area contributed by atoms with E-state index in [1.54, 1.807) is 6.20 Å². The zero-order valence-electron chi connectivity index (χ0n) is 10.3. The molecule has 1 aromatic carbocycles. The number of benzene rings is 1. The van der Waals surface area contributed by atoms with Gasteiger partial charge in [-0.3, -0.25) is 4.98 Å². The van der Waals surface area contributed by atoms with Gasteiger partial charge in [0.2, 0.25) is 0 Å². The molecule has 0 spiro atoms. The molecule has 94 valence electrons. The molecule has 0 bridgehead atoms. The Balaban J connectivity index is 2.11. The van der Waals surface area contributed by atoms with Gasteiger partial charge < -0.3 is 5.32 Å². The summed E-state index contributed by atoms with van der Waals surface area (Å²) in [5.41, 5.74) is 4.20. The molecule has 0 aliphatic carbocycles. The molecule has 0 saturated carbocycles. The van der Waals surface area contributed by atoms with E-state index in [4.69, 9.17) is 0 Å². The normalized spacial score (nSPS) is 10.4. The SMILES string of the molecule is Cc1cc(NCc2cncc(F)c2)cc(C)c1Br. The molecule has 2 rings (SSSR count). The van der Waals surface area contributed by atoms with Crippen molar-refractivity contribution in [3.05, 3.63) is 57.6 Å². The van der Waals surface area contributed by atoms with Crippen LogP contribution in [0.4, 0.5) is 10.1 Å². The van der Waals surface area contributed by atoms with Crippen LogP contribution in [0, 0.1) is 19.7 Å². The molecule has 0 unspecified atom stereocenters. The van der Waals surface area contributed by atoms with E-state index in [9.17, 15) is 4.39 Å². The lowest BCUT2D eigenvalue weighted by atomic mass is 10.1. The number of hydrogen-bond donors (Lipinski definition) is 1. The van der Waals surface area contributed by atoms with Gasteiger partial charge in [-0.1, -0.05) is 15.9 Å². The molecule has 0 saturated heterocycles. The summed E-state index contributed by atoms with van der Waals surface area (Å²) in [7, 11) is 0. The van der Waals surface area contributed by atoms with Gasteiger partial charge in [0.15, 0.2) is 0 Å². The Morgan fingerprint density at radius 2 is 1.83 bits per heavy atom.